The fraction of sp³-hybridized carbons (Fsp3) is 0.125. The van der Waals surface area contributed by atoms with Gasteiger partial charge in [0.2, 0.25) is 0 Å². The molecule has 2 aromatic rings. The van der Waals surface area contributed by atoms with Gasteiger partial charge in [0.15, 0.2) is 0 Å². The highest BCUT2D eigenvalue weighted by Gasteiger charge is 2.01. The summed E-state index contributed by atoms with van der Waals surface area (Å²) in [7, 11) is 0. The van der Waals surface area contributed by atoms with Gasteiger partial charge in [0.05, 0.1) is 3.57 Å². The van der Waals surface area contributed by atoms with Crippen LogP contribution in [0.1, 0.15) is 5.69 Å². The number of aryl methyl sites for hydroxylation is 1. The summed E-state index contributed by atoms with van der Waals surface area (Å²) >= 11 is 2.20. The third-order valence-electron chi connectivity index (χ3n) is 1.73. The molecule has 12 heavy (non-hydrogen) atoms. The van der Waals surface area contributed by atoms with E-state index in [1.54, 1.807) is 16.7 Å². The number of aromatic nitrogens is 2. The number of fused-ring (bicyclic) bond motifs is 1. The normalized spacial score (nSPS) is 10.8. The molecule has 0 saturated heterocycles. The summed E-state index contributed by atoms with van der Waals surface area (Å²) in [5.74, 6) is 0. The molecule has 0 aliphatic carbocycles. The molecule has 0 aromatic carbocycles. The van der Waals surface area contributed by atoms with Crippen LogP contribution in [-0.4, -0.2) is 9.38 Å². The molecule has 62 valence electrons. The van der Waals surface area contributed by atoms with Gasteiger partial charge in [-0.3, -0.25) is 9.20 Å². The highest BCUT2D eigenvalue weighted by molar-refractivity contribution is 14.1. The summed E-state index contributed by atoms with van der Waals surface area (Å²) in [6.07, 6.45) is 1.77. The smallest absolute Gasteiger partial charge is 0.257 e. The summed E-state index contributed by atoms with van der Waals surface area (Å²) in [6.45, 7) is 1.88. The first-order valence-electron chi connectivity index (χ1n) is 3.55. The molecule has 0 saturated carbocycles. The van der Waals surface area contributed by atoms with Crippen molar-refractivity contribution in [3.8, 4) is 0 Å². The van der Waals surface area contributed by atoms with E-state index in [0.717, 1.165) is 14.9 Å². The zero-order valence-electron chi connectivity index (χ0n) is 6.47. The standard InChI is InChI=1S/C8H7IN2O/c1-5-4-7(12)11-3-2-6(9)8(11)10-5/h2-4,10H,1H3. The van der Waals surface area contributed by atoms with Crippen molar-refractivity contribution < 1.29 is 0 Å². The van der Waals surface area contributed by atoms with Gasteiger partial charge < -0.3 is 4.98 Å². The second kappa shape index (κ2) is 2.62. The third kappa shape index (κ3) is 1.06. The van der Waals surface area contributed by atoms with E-state index in [2.05, 4.69) is 27.6 Å². The molecule has 0 aliphatic heterocycles. The topological polar surface area (TPSA) is 37.3 Å². The molecule has 0 atom stereocenters. The van der Waals surface area contributed by atoms with E-state index in [0.29, 0.717) is 0 Å². The number of H-pyrrole nitrogens is 1. The van der Waals surface area contributed by atoms with Crippen molar-refractivity contribution in [1.29, 1.82) is 0 Å². The lowest BCUT2D eigenvalue weighted by molar-refractivity contribution is 1.04. The SMILES string of the molecule is Cc1cc(=O)n2ccc(I)c2[nH]1. The van der Waals surface area contributed by atoms with Gasteiger partial charge in [-0.15, -0.1) is 0 Å². The van der Waals surface area contributed by atoms with E-state index in [1.807, 2.05) is 13.0 Å². The van der Waals surface area contributed by atoms with Crippen molar-refractivity contribution in [1.82, 2.24) is 9.38 Å². The van der Waals surface area contributed by atoms with E-state index in [9.17, 15) is 4.79 Å². The third-order valence-corrected chi connectivity index (χ3v) is 2.60. The molecule has 0 spiro atoms. The highest BCUT2D eigenvalue weighted by atomic mass is 127. The fourth-order valence-corrected chi connectivity index (χ4v) is 1.75. The Kier molecular flexibility index (Phi) is 1.71. The molecule has 0 unspecified atom stereocenters. The quantitative estimate of drug-likeness (QED) is 0.727. The second-order valence-electron chi connectivity index (χ2n) is 2.67. The zero-order valence-corrected chi connectivity index (χ0v) is 8.62. The van der Waals surface area contributed by atoms with Gasteiger partial charge in [0, 0.05) is 18.0 Å². The van der Waals surface area contributed by atoms with Gasteiger partial charge in [-0.1, -0.05) is 0 Å². The van der Waals surface area contributed by atoms with Crippen LogP contribution in [0, 0.1) is 10.5 Å². The monoisotopic (exact) mass is 274 g/mol. The maximum absolute atomic E-state index is 11.4. The number of nitrogens with one attached hydrogen (secondary N) is 1. The molecule has 3 nitrogen and oxygen atoms in total. The molecule has 2 aromatic heterocycles. The zero-order chi connectivity index (χ0) is 8.72. The summed E-state index contributed by atoms with van der Waals surface area (Å²) < 4.78 is 2.67. The fourth-order valence-electron chi connectivity index (χ4n) is 1.19. The summed E-state index contributed by atoms with van der Waals surface area (Å²) in [5.41, 5.74) is 1.79. The lowest BCUT2D eigenvalue weighted by Gasteiger charge is -1.96. The Morgan fingerprint density at radius 1 is 1.58 bits per heavy atom. The predicted molar refractivity (Wildman–Crippen MR) is 55.5 cm³/mol. The largest absolute Gasteiger partial charge is 0.344 e. The van der Waals surface area contributed by atoms with Crippen LogP contribution in [0.5, 0.6) is 0 Å². The van der Waals surface area contributed by atoms with Crippen LogP contribution in [0.4, 0.5) is 0 Å². The number of hydrogen-bond donors (Lipinski definition) is 1. The van der Waals surface area contributed by atoms with E-state index in [4.69, 9.17) is 0 Å². The average Bonchev–Trinajstić information content (AvgIpc) is 2.33. The molecule has 0 bridgehead atoms. The van der Waals surface area contributed by atoms with Gasteiger partial charge in [-0.05, 0) is 35.6 Å². The molecule has 2 heterocycles. The van der Waals surface area contributed by atoms with Crippen molar-refractivity contribution in [2.45, 2.75) is 6.92 Å². The van der Waals surface area contributed by atoms with Crippen LogP contribution in [0.2, 0.25) is 0 Å². The molecule has 0 radical (unpaired) electrons. The molecule has 0 amide bonds. The van der Waals surface area contributed by atoms with Crippen LogP contribution in [0.25, 0.3) is 5.65 Å². The Balaban J connectivity index is 3.03. The molecule has 4 heteroatoms. The first kappa shape index (κ1) is 7.85. The first-order chi connectivity index (χ1) is 5.68. The molecule has 1 N–H and O–H groups in total. The maximum atomic E-state index is 11.4. The number of halogens is 1. The van der Waals surface area contributed by atoms with Crippen LogP contribution in [0.3, 0.4) is 0 Å². The van der Waals surface area contributed by atoms with Gasteiger partial charge in [0.1, 0.15) is 5.65 Å². The Hall–Kier alpha value is -0.780. The Labute approximate surface area is 82.6 Å². The Morgan fingerprint density at radius 2 is 2.33 bits per heavy atom. The molecule has 2 rings (SSSR count). The van der Waals surface area contributed by atoms with E-state index in [-0.39, 0.29) is 5.56 Å². The van der Waals surface area contributed by atoms with Crippen LogP contribution < -0.4 is 5.56 Å². The van der Waals surface area contributed by atoms with Crippen LogP contribution in [-0.2, 0) is 0 Å². The molecule has 0 fully saturated rings. The predicted octanol–water partition coefficient (Wildman–Crippen LogP) is 1.54. The lowest BCUT2D eigenvalue weighted by Crippen LogP contribution is -2.12. The number of nitrogens with zero attached hydrogens (tertiary/aromatic N) is 1. The molecular weight excluding hydrogens is 267 g/mol. The van der Waals surface area contributed by atoms with Crippen molar-refractivity contribution >= 4 is 28.2 Å². The Morgan fingerprint density at radius 3 is 3.08 bits per heavy atom. The Bertz CT molecular complexity index is 483. The summed E-state index contributed by atoms with van der Waals surface area (Å²) in [6, 6.07) is 3.50. The minimum atomic E-state index is 0.0177. The van der Waals surface area contributed by atoms with E-state index in [1.165, 1.54) is 0 Å². The van der Waals surface area contributed by atoms with Gasteiger partial charge in [-0.2, -0.15) is 0 Å². The molecular formula is C8H7IN2O. The van der Waals surface area contributed by atoms with Crippen LogP contribution in [0.15, 0.2) is 23.1 Å². The lowest BCUT2D eigenvalue weighted by atomic mass is 10.4. The van der Waals surface area contributed by atoms with Crippen molar-refractivity contribution in [2.24, 2.45) is 0 Å². The number of hydrogen-bond acceptors (Lipinski definition) is 1. The summed E-state index contributed by atoms with van der Waals surface area (Å²) in [5, 5.41) is 0. The van der Waals surface area contributed by atoms with Crippen molar-refractivity contribution in [3.63, 3.8) is 0 Å². The summed E-state index contributed by atoms with van der Waals surface area (Å²) in [4.78, 5) is 14.5. The van der Waals surface area contributed by atoms with Crippen molar-refractivity contribution in [3.05, 3.63) is 37.9 Å². The van der Waals surface area contributed by atoms with E-state index < -0.39 is 0 Å². The maximum Gasteiger partial charge on any atom is 0.257 e. The number of rotatable bonds is 0. The van der Waals surface area contributed by atoms with Gasteiger partial charge >= 0.3 is 0 Å². The van der Waals surface area contributed by atoms with Crippen LogP contribution >= 0.6 is 22.6 Å². The van der Waals surface area contributed by atoms with E-state index >= 15 is 0 Å². The first-order valence-corrected chi connectivity index (χ1v) is 4.63. The number of aromatic amines is 1. The minimum Gasteiger partial charge on any atom is -0.344 e. The van der Waals surface area contributed by atoms with Crippen molar-refractivity contribution in [2.75, 3.05) is 0 Å². The minimum absolute atomic E-state index is 0.0177. The highest BCUT2D eigenvalue weighted by Crippen LogP contribution is 2.10. The second-order valence-corrected chi connectivity index (χ2v) is 3.84. The average molecular weight is 274 g/mol. The molecule has 0 aliphatic rings. The van der Waals surface area contributed by atoms with Gasteiger partial charge in [0.25, 0.3) is 5.56 Å². The van der Waals surface area contributed by atoms with Gasteiger partial charge in [-0.25, -0.2) is 0 Å².